The first-order valence-corrected chi connectivity index (χ1v) is 9.02. The second-order valence-electron chi connectivity index (χ2n) is 5.99. The predicted molar refractivity (Wildman–Crippen MR) is 104 cm³/mol. The van der Waals surface area contributed by atoms with Crippen LogP contribution >= 0.6 is 11.3 Å². The molecule has 0 radical (unpaired) electrons. The van der Waals surface area contributed by atoms with E-state index in [1.54, 1.807) is 23.7 Å². The molecule has 0 saturated heterocycles. The first-order valence-electron chi connectivity index (χ1n) is 8.21. The van der Waals surface area contributed by atoms with E-state index in [1.807, 2.05) is 18.2 Å². The molecule has 0 amide bonds. The zero-order chi connectivity index (χ0) is 17.2. The highest BCUT2D eigenvalue weighted by molar-refractivity contribution is 7.18. The van der Waals surface area contributed by atoms with Crippen LogP contribution in [0.25, 0.3) is 21.6 Å². The van der Waals surface area contributed by atoms with Gasteiger partial charge in [-0.3, -0.25) is 4.98 Å². The predicted octanol–water partition coefficient (Wildman–Crippen LogP) is 5.23. The number of hydrogen-bond donors (Lipinski definition) is 1. The number of fused-ring (bicyclic) bond motifs is 1. The van der Waals surface area contributed by atoms with E-state index in [0.29, 0.717) is 5.82 Å². The molecule has 4 rings (SSSR count). The van der Waals surface area contributed by atoms with Crippen molar-refractivity contribution in [2.24, 2.45) is 0 Å². The molecule has 0 fully saturated rings. The van der Waals surface area contributed by atoms with Crippen molar-refractivity contribution in [1.29, 1.82) is 0 Å². The van der Waals surface area contributed by atoms with Gasteiger partial charge in [-0.25, -0.2) is 9.97 Å². The Morgan fingerprint density at radius 2 is 1.88 bits per heavy atom. The molecule has 124 valence electrons. The van der Waals surface area contributed by atoms with Gasteiger partial charge < -0.3 is 5.32 Å². The highest BCUT2D eigenvalue weighted by Crippen LogP contribution is 2.32. The summed E-state index contributed by atoms with van der Waals surface area (Å²) < 4.78 is 0. The Bertz CT molecular complexity index is 996. The van der Waals surface area contributed by atoms with Gasteiger partial charge in [-0.1, -0.05) is 30.3 Å². The minimum absolute atomic E-state index is 0.154. The Kier molecular flexibility index (Phi) is 4.15. The molecule has 4 nitrogen and oxygen atoms in total. The van der Waals surface area contributed by atoms with Crippen molar-refractivity contribution in [2.75, 3.05) is 5.32 Å². The van der Waals surface area contributed by atoms with E-state index in [4.69, 9.17) is 9.97 Å². The monoisotopic (exact) mass is 346 g/mol. The lowest BCUT2D eigenvalue weighted by molar-refractivity contribution is 0.876. The molecular weight excluding hydrogens is 328 g/mol. The van der Waals surface area contributed by atoms with Gasteiger partial charge in [0.05, 0.1) is 5.39 Å². The van der Waals surface area contributed by atoms with Gasteiger partial charge in [0.25, 0.3) is 0 Å². The molecule has 0 bridgehead atoms. The van der Waals surface area contributed by atoms with Crippen molar-refractivity contribution in [1.82, 2.24) is 15.0 Å². The highest BCUT2D eigenvalue weighted by Gasteiger charge is 2.14. The van der Waals surface area contributed by atoms with Crippen molar-refractivity contribution in [3.05, 3.63) is 71.4 Å². The average molecular weight is 346 g/mol. The summed E-state index contributed by atoms with van der Waals surface area (Å²) in [5.74, 6) is 1.56. The fraction of sp³-hybridized carbons (Fsp3) is 0.150. The van der Waals surface area contributed by atoms with Crippen LogP contribution in [-0.2, 0) is 0 Å². The van der Waals surface area contributed by atoms with Crippen LogP contribution in [0.15, 0.2) is 60.9 Å². The van der Waals surface area contributed by atoms with Gasteiger partial charge in [0.1, 0.15) is 10.6 Å². The number of anilines is 1. The Labute approximate surface area is 150 Å². The Morgan fingerprint density at radius 3 is 2.64 bits per heavy atom. The zero-order valence-corrected chi connectivity index (χ0v) is 14.9. The SMILES string of the molecule is Cc1cc2c(NC(C)c3ccccc3)nc(-c3cccnc3)nc2s1. The maximum absolute atomic E-state index is 4.79. The minimum atomic E-state index is 0.154. The molecule has 25 heavy (non-hydrogen) atoms. The van der Waals surface area contributed by atoms with E-state index in [0.717, 1.165) is 21.6 Å². The summed E-state index contributed by atoms with van der Waals surface area (Å²) in [6.07, 6.45) is 3.56. The molecule has 0 aliphatic rings. The van der Waals surface area contributed by atoms with E-state index in [-0.39, 0.29) is 6.04 Å². The molecule has 0 aliphatic carbocycles. The number of hydrogen-bond acceptors (Lipinski definition) is 5. The van der Waals surface area contributed by atoms with Crippen molar-refractivity contribution < 1.29 is 0 Å². The van der Waals surface area contributed by atoms with E-state index < -0.39 is 0 Å². The Hall–Kier alpha value is -2.79. The number of thiophene rings is 1. The lowest BCUT2D eigenvalue weighted by Crippen LogP contribution is -2.09. The van der Waals surface area contributed by atoms with Gasteiger partial charge in [0, 0.05) is 28.9 Å². The third kappa shape index (κ3) is 3.23. The molecule has 5 heteroatoms. The number of benzene rings is 1. The summed E-state index contributed by atoms with van der Waals surface area (Å²) in [6.45, 7) is 4.24. The number of aryl methyl sites for hydroxylation is 1. The van der Waals surface area contributed by atoms with E-state index in [1.165, 1.54) is 10.4 Å². The quantitative estimate of drug-likeness (QED) is 0.549. The van der Waals surface area contributed by atoms with Crippen molar-refractivity contribution in [2.45, 2.75) is 19.9 Å². The average Bonchev–Trinajstić information content (AvgIpc) is 3.03. The van der Waals surface area contributed by atoms with Crippen LogP contribution in [0.5, 0.6) is 0 Å². The van der Waals surface area contributed by atoms with Gasteiger partial charge in [-0.15, -0.1) is 11.3 Å². The van der Waals surface area contributed by atoms with Crippen LogP contribution in [0.2, 0.25) is 0 Å². The summed E-state index contributed by atoms with van der Waals surface area (Å²) in [5.41, 5.74) is 2.15. The number of aromatic nitrogens is 3. The Balaban J connectivity index is 1.79. The topological polar surface area (TPSA) is 50.7 Å². The lowest BCUT2D eigenvalue weighted by atomic mass is 10.1. The highest BCUT2D eigenvalue weighted by atomic mass is 32.1. The third-order valence-corrected chi connectivity index (χ3v) is 5.03. The van der Waals surface area contributed by atoms with Crippen LogP contribution < -0.4 is 5.32 Å². The largest absolute Gasteiger partial charge is 0.363 e. The molecule has 3 aromatic heterocycles. The van der Waals surface area contributed by atoms with Gasteiger partial charge in [0.2, 0.25) is 0 Å². The maximum Gasteiger partial charge on any atom is 0.164 e. The van der Waals surface area contributed by atoms with Gasteiger partial charge in [0.15, 0.2) is 5.82 Å². The maximum atomic E-state index is 4.79. The molecule has 3 heterocycles. The number of nitrogens with one attached hydrogen (secondary N) is 1. The zero-order valence-electron chi connectivity index (χ0n) is 14.1. The fourth-order valence-corrected chi connectivity index (χ4v) is 3.69. The van der Waals surface area contributed by atoms with Crippen molar-refractivity contribution in [3.8, 4) is 11.4 Å². The second-order valence-corrected chi connectivity index (χ2v) is 7.22. The summed E-state index contributed by atoms with van der Waals surface area (Å²) in [7, 11) is 0. The molecular formula is C20H18N4S. The van der Waals surface area contributed by atoms with Gasteiger partial charge in [-0.2, -0.15) is 0 Å². The van der Waals surface area contributed by atoms with Crippen LogP contribution in [0, 0.1) is 6.92 Å². The first-order chi connectivity index (χ1) is 12.2. The van der Waals surface area contributed by atoms with Crippen molar-refractivity contribution >= 4 is 27.4 Å². The smallest absolute Gasteiger partial charge is 0.164 e. The second kappa shape index (κ2) is 6.61. The van der Waals surface area contributed by atoms with E-state index >= 15 is 0 Å². The summed E-state index contributed by atoms with van der Waals surface area (Å²) >= 11 is 1.69. The van der Waals surface area contributed by atoms with Crippen LogP contribution in [0.1, 0.15) is 23.4 Å². The lowest BCUT2D eigenvalue weighted by Gasteiger charge is -2.16. The summed E-state index contributed by atoms with van der Waals surface area (Å²) in [6, 6.07) is 16.6. The van der Waals surface area contributed by atoms with Gasteiger partial charge >= 0.3 is 0 Å². The standard InChI is InChI=1S/C20H18N4S/c1-13-11-17-19(22-14(2)15-7-4-3-5-8-15)23-18(24-20(17)25-13)16-9-6-10-21-12-16/h3-12,14H,1-2H3,(H,22,23,24). The molecule has 1 unspecified atom stereocenters. The normalized spacial score (nSPS) is 12.2. The number of pyridine rings is 1. The minimum Gasteiger partial charge on any atom is -0.363 e. The molecule has 1 atom stereocenters. The van der Waals surface area contributed by atoms with Crippen LogP contribution in [0.4, 0.5) is 5.82 Å². The number of rotatable bonds is 4. The number of nitrogens with zero attached hydrogens (tertiary/aromatic N) is 3. The molecule has 0 aliphatic heterocycles. The molecule has 1 N–H and O–H groups in total. The van der Waals surface area contributed by atoms with Crippen molar-refractivity contribution in [3.63, 3.8) is 0 Å². The van der Waals surface area contributed by atoms with Crippen LogP contribution in [0.3, 0.4) is 0 Å². The fourth-order valence-electron chi connectivity index (χ4n) is 2.81. The molecule has 0 spiro atoms. The summed E-state index contributed by atoms with van der Waals surface area (Å²) in [4.78, 5) is 15.9. The van der Waals surface area contributed by atoms with Crippen LogP contribution in [-0.4, -0.2) is 15.0 Å². The van der Waals surface area contributed by atoms with Gasteiger partial charge in [-0.05, 0) is 37.6 Å². The first kappa shape index (κ1) is 15.7. The van der Waals surface area contributed by atoms with E-state index in [2.05, 4.69) is 54.5 Å². The third-order valence-electron chi connectivity index (χ3n) is 4.09. The molecule has 4 aromatic rings. The summed E-state index contributed by atoms with van der Waals surface area (Å²) in [5, 5.41) is 4.63. The van der Waals surface area contributed by atoms with E-state index in [9.17, 15) is 0 Å². The Morgan fingerprint density at radius 1 is 1.04 bits per heavy atom. The molecule has 1 aromatic carbocycles. The molecule has 0 saturated carbocycles.